The summed E-state index contributed by atoms with van der Waals surface area (Å²) in [5.74, 6) is 0. The smallest absolute Gasteiger partial charge is 0.0455 e. The van der Waals surface area contributed by atoms with Crippen molar-refractivity contribution in [2.75, 3.05) is 6.54 Å². The second-order valence-corrected chi connectivity index (χ2v) is 5.88. The molecule has 2 rings (SSSR count). The highest BCUT2D eigenvalue weighted by Crippen LogP contribution is 2.23. The first-order valence-corrected chi connectivity index (χ1v) is 8.06. The minimum absolute atomic E-state index is 0.451. The Morgan fingerprint density at radius 2 is 1.79 bits per heavy atom. The molecule has 0 saturated carbocycles. The van der Waals surface area contributed by atoms with E-state index in [1.54, 1.807) is 0 Å². The third kappa shape index (κ3) is 4.19. The van der Waals surface area contributed by atoms with Crippen LogP contribution in [0, 0.1) is 0 Å². The molecule has 1 aromatic carbocycles. The van der Waals surface area contributed by atoms with Crippen LogP contribution in [0.3, 0.4) is 0 Å². The van der Waals surface area contributed by atoms with Gasteiger partial charge in [-0.05, 0) is 48.4 Å². The van der Waals surface area contributed by atoms with Crippen molar-refractivity contribution in [3.63, 3.8) is 0 Å². The maximum atomic E-state index is 3.66. The highest BCUT2D eigenvalue weighted by atomic mass is 32.1. The number of thiophene rings is 1. The molecule has 0 radical (unpaired) electrons. The fourth-order valence-corrected chi connectivity index (χ4v) is 3.03. The van der Waals surface area contributed by atoms with Gasteiger partial charge in [-0.1, -0.05) is 44.2 Å². The molecule has 0 aliphatic heterocycles. The van der Waals surface area contributed by atoms with Gasteiger partial charge >= 0.3 is 0 Å². The Kier molecular flexibility index (Phi) is 5.62. The zero-order chi connectivity index (χ0) is 13.5. The Labute approximate surface area is 120 Å². The zero-order valence-corrected chi connectivity index (χ0v) is 12.7. The molecular weight excluding hydrogens is 250 g/mol. The van der Waals surface area contributed by atoms with E-state index >= 15 is 0 Å². The molecule has 2 aromatic rings. The fraction of sp³-hybridized carbons (Fsp3) is 0.412. The monoisotopic (exact) mass is 273 g/mol. The van der Waals surface area contributed by atoms with Gasteiger partial charge in [0.05, 0.1) is 0 Å². The van der Waals surface area contributed by atoms with Gasteiger partial charge in [-0.25, -0.2) is 0 Å². The van der Waals surface area contributed by atoms with Gasteiger partial charge in [0.2, 0.25) is 0 Å². The van der Waals surface area contributed by atoms with Gasteiger partial charge in [0, 0.05) is 10.9 Å². The summed E-state index contributed by atoms with van der Waals surface area (Å²) >= 11 is 1.85. The summed E-state index contributed by atoms with van der Waals surface area (Å²) in [7, 11) is 0. The van der Waals surface area contributed by atoms with Gasteiger partial charge in [-0.15, -0.1) is 11.3 Å². The van der Waals surface area contributed by atoms with Crippen molar-refractivity contribution in [1.29, 1.82) is 0 Å². The molecule has 0 saturated heterocycles. The van der Waals surface area contributed by atoms with Crippen LogP contribution in [0.2, 0.25) is 0 Å². The number of rotatable bonds is 7. The zero-order valence-electron chi connectivity index (χ0n) is 11.9. The van der Waals surface area contributed by atoms with Crippen molar-refractivity contribution < 1.29 is 0 Å². The predicted molar refractivity (Wildman–Crippen MR) is 84.9 cm³/mol. The Bertz CT molecular complexity index is 459. The van der Waals surface area contributed by atoms with Crippen molar-refractivity contribution in [3.05, 3.63) is 57.8 Å². The van der Waals surface area contributed by atoms with Crippen LogP contribution >= 0.6 is 11.3 Å². The minimum atomic E-state index is 0.451. The molecule has 0 bridgehead atoms. The molecule has 1 heterocycles. The second kappa shape index (κ2) is 7.46. The maximum absolute atomic E-state index is 3.66. The lowest BCUT2D eigenvalue weighted by Gasteiger charge is -2.17. The van der Waals surface area contributed by atoms with Crippen LogP contribution in [-0.4, -0.2) is 6.54 Å². The lowest BCUT2D eigenvalue weighted by molar-refractivity contribution is 0.536. The number of nitrogens with one attached hydrogen (secondary N) is 1. The van der Waals surface area contributed by atoms with E-state index in [0.717, 1.165) is 19.4 Å². The maximum Gasteiger partial charge on any atom is 0.0455 e. The number of hydrogen-bond acceptors (Lipinski definition) is 2. The molecule has 19 heavy (non-hydrogen) atoms. The molecule has 0 spiro atoms. The molecule has 0 fully saturated rings. The summed E-state index contributed by atoms with van der Waals surface area (Å²) in [6, 6.07) is 13.9. The van der Waals surface area contributed by atoms with E-state index in [1.165, 1.54) is 22.4 Å². The van der Waals surface area contributed by atoms with Crippen molar-refractivity contribution >= 4 is 11.3 Å². The standard InChI is InChI=1S/C17H23NS/c1-3-11-18-16(17-6-5-12-19-17)13-15-9-7-14(4-2)8-10-15/h5-10,12,16,18H,3-4,11,13H2,1-2H3. The van der Waals surface area contributed by atoms with Crippen molar-refractivity contribution in [2.24, 2.45) is 0 Å². The number of benzene rings is 1. The van der Waals surface area contributed by atoms with E-state index in [4.69, 9.17) is 0 Å². The van der Waals surface area contributed by atoms with Gasteiger partial charge in [0.15, 0.2) is 0 Å². The summed E-state index contributed by atoms with van der Waals surface area (Å²) in [5, 5.41) is 5.82. The average Bonchev–Trinajstić information content (AvgIpc) is 2.98. The molecule has 1 atom stereocenters. The first-order valence-electron chi connectivity index (χ1n) is 7.18. The van der Waals surface area contributed by atoms with Crippen LogP contribution in [0.4, 0.5) is 0 Å². The normalized spacial score (nSPS) is 12.5. The van der Waals surface area contributed by atoms with Gasteiger partial charge in [0.25, 0.3) is 0 Å². The van der Waals surface area contributed by atoms with Crippen molar-refractivity contribution in [1.82, 2.24) is 5.32 Å². The lowest BCUT2D eigenvalue weighted by Crippen LogP contribution is -2.23. The van der Waals surface area contributed by atoms with Crippen molar-refractivity contribution in [3.8, 4) is 0 Å². The summed E-state index contributed by atoms with van der Waals surface area (Å²) < 4.78 is 0. The molecule has 0 amide bonds. The summed E-state index contributed by atoms with van der Waals surface area (Å²) in [5.41, 5.74) is 2.83. The third-order valence-corrected chi connectivity index (χ3v) is 4.38. The highest BCUT2D eigenvalue weighted by molar-refractivity contribution is 7.10. The van der Waals surface area contributed by atoms with E-state index < -0.39 is 0 Å². The SMILES string of the molecule is CCCNC(Cc1ccc(CC)cc1)c1cccs1. The largest absolute Gasteiger partial charge is 0.309 e. The third-order valence-electron chi connectivity index (χ3n) is 3.40. The quantitative estimate of drug-likeness (QED) is 0.777. The van der Waals surface area contributed by atoms with E-state index in [-0.39, 0.29) is 0 Å². The first-order chi connectivity index (χ1) is 9.33. The molecular formula is C17H23NS. The van der Waals surface area contributed by atoms with Crippen molar-refractivity contribution in [2.45, 2.75) is 39.2 Å². The Morgan fingerprint density at radius 1 is 1.05 bits per heavy atom. The van der Waals surface area contributed by atoms with E-state index in [1.807, 2.05) is 11.3 Å². The fourth-order valence-electron chi connectivity index (χ4n) is 2.23. The van der Waals surface area contributed by atoms with Crippen LogP contribution in [0.5, 0.6) is 0 Å². The van der Waals surface area contributed by atoms with Crippen LogP contribution in [0.25, 0.3) is 0 Å². The lowest BCUT2D eigenvalue weighted by atomic mass is 10.0. The molecule has 1 nitrogen and oxygen atoms in total. The molecule has 102 valence electrons. The summed E-state index contributed by atoms with van der Waals surface area (Å²) in [6.45, 7) is 5.50. The van der Waals surface area contributed by atoms with Crippen LogP contribution in [0.15, 0.2) is 41.8 Å². The van der Waals surface area contributed by atoms with E-state index in [2.05, 4.69) is 60.9 Å². The second-order valence-electron chi connectivity index (χ2n) is 4.90. The molecule has 1 N–H and O–H groups in total. The van der Waals surface area contributed by atoms with E-state index in [0.29, 0.717) is 6.04 Å². The van der Waals surface area contributed by atoms with Crippen LogP contribution in [-0.2, 0) is 12.8 Å². The number of hydrogen-bond donors (Lipinski definition) is 1. The van der Waals surface area contributed by atoms with Gasteiger partial charge in [-0.2, -0.15) is 0 Å². The molecule has 1 unspecified atom stereocenters. The van der Waals surface area contributed by atoms with Crippen LogP contribution in [0.1, 0.15) is 42.3 Å². The Morgan fingerprint density at radius 3 is 2.37 bits per heavy atom. The Hall–Kier alpha value is -1.12. The minimum Gasteiger partial charge on any atom is -0.309 e. The predicted octanol–water partition coefficient (Wildman–Crippen LogP) is 4.59. The molecule has 0 aliphatic carbocycles. The van der Waals surface area contributed by atoms with Crippen LogP contribution < -0.4 is 5.32 Å². The number of aryl methyl sites for hydroxylation is 1. The molecule has 1 aromatic heterocycles. The first kappa shape index (κ1) is 14.3. The molecule has 0 aliphatic rings. The van der Waals surface area contributed by atoms with Gasteiger partial charge in [-0.3, -0.25) is 0 Å². The van der Waals surface area contributed by atoms with E-state index in [9.17, 15) is 0 Å². The molecule has 2 heteroatoms. The van der Waals surface area contributed by atoms with Gasteiger partial charge < -0.3 is 5.32 Å². The topological polar surface area (TPSA) is 12.0 Å². The average molecular weight is 273 g/mol. The van der Waals surface area contributed by atoms with Gasteiger partial charge in [0.1, 0.15) is 0 Å². The highest BCUT2D eigenvalue weighted by Gasteiger charge is 2.12. The Balaban J connectivity index is 2.06. The summed E-state index contributed by atoms with van der Waals surface area (Å²) in [6.07, 6.45) is 3.36. The summed E-state index contributed by atoms with van der Waals surface area (Å²) in [4.78, 5) is 1.44.